The molecule has 5 N–H and O–H groups in total. The van der Waals surface area contributed by atoms with Gasteiger partial charge in [0.2, 0.25) is 0 Å². The highest BCUT2D eigenvalue weighted by Gasteiger charge is 2.13. The first kappa shape index (κ1) is 14.0. The number of hydrazine groups is 1. The fourth-order valence-corrected chi connectivity index (χ4v) is 2.42. The van der Waals surface area contributed by atoms with E-state index in [4.69, 9.17) is 11.6 Å². The summed E-state index contributed by atoms with van der Waals surface area (Å²) in [7, 11) is 0. The molecule has 0 aromatic heterocycles. The number of nitrogens with one attached hydrogen (secondary N) is 1. The van der Waals surface area contributed by atoms with Crippen LogP contribution in [0.2, 0.25) is 0 Å². The molecule has 0 saturated carbocycles. The maximum absolute atomic E-state index is 13.2. The zero-order valence-corrected chi connectivity index (χ0v) is 11.8. The van der Waals surface area contributed by atoms with Crippen molar-refractivity contribution in [1.82, 2.24) is 5.43 Å². The van der Waals surface area contributed by atoms with E-state index in [1.807, 2.05) is 24.3 Å². The molecule has 5 heteroatoms. The number of halogens is 2. The van der Waals surface area contributed by atoms with Gasteiger partial charge in [-0.15, -0.1) is 0 Å². The van der Waals surface area contributed by atoms with Gasteiger partial charge in [0.15, 0.2) is 0 Å². The molecule has 0 aliphatic rings. The Morgan fingerprint density at radius 1 is 1.21 bits per heavy atom. The largest absolute Gasteiger partial charge is 0.398 e. The van der Waals surface area contributed by atoms with Gasteiger partial charge >= 0.3 is 0 Å². The molecule has 0 amide bonds. The van der Waals surface area contributed by atoms with Crippen LogP contribution in [0, 0.1) is 5.82 Å². The molecule has 19 heavy (non-hydrogen) atoms. The fraction of sp³-hybridized carbons (Fsp3) is 0.143. The average Bonchev–Trinajstić information content (AvgIpc) is 2.41. The Morgan fingerprint density at radius 2 is 1.95 bits per heavy atom. The lowest BCUT2D eigenvalue weighted by Crippen LogP contribution is -2.30. The molecule has 1 atom stereocenters. The van der Waals surface area contributed by atoms with Crippen LogP contribution in [0.1, 0.15) is 17.2 Å². The average molecular weight is 324 g/mol. The minimum absolute atomic E-state index is 0.112. The number of anilines is 1. The smallest absolute Gasteiger partial charge is 0.137 e. The van der Waals surface area contributed by atoms with E-state index in [2.05, 4.69) is 21.4 Å². The predicted molar refractivity (Wildman–Crippen MR) is 78.7 cm³/mol. The SMILES string of the molecule is NNC(Cc1ccc(F)c(Br)c1)c1ccccc1N. The molecular formula is C14H15BrFN3. The molecule has 3 nitrogen and oxygen atoms in total. The Balaban J connectivity index is 2.24. The molecule has 0 aliphatic carbocycles. The molecule has 0 fully saturated rings. The maximum Gasteiger partial charge on any atom is 0.137 e. The lowest BCUT2D eigenvalue weighted by molar-refractivity contribution is 0.552. The molecule has 1 unspecified atom stereocenters. The first-order valence-corrected chi connectivity index (χ1v) is 6.65. The van der Waals surface area contributed by atoms with Crippen molar-refractivity contribution in [3.63, 3.8) is 0 Å². The molecule has 2 aromatic rings. The molecule has 100 valence electrons. The van der Waals surface area contributed by atoms with Gasteiger partial charge in [-0.1, -0.05) is 24.3 Å². The highest BCUT2D eigenvalue weighted by Crippen LogP contribution is 2.25. The van der Waals surface area contributed by atoms with Crippen molar-refractivity contribution in [2.24, 2.45) is 5.84 Å². The topological polar surface area (TPSA) is 64.1 Å². The van der Waals surface area contributed by atoms with Gasteiger partial charge in [-0.05, 0) is 51.7 Å². The van der Waals surface area contributed by atoms with Crippen LogP contribution in [0.3, 0.4) is 0 Å². The van der Waals surface area contributed by atoms with Crippen LogP contribution in [-0.2, 0) is 6.42 Å². The molecule has 2 rings (SSSR count). The van der Waals surface area contributed by atoms with Gasteiger partial charge in [0.1, 0.15) is 5.82 Å². The summed E-state index contributed by atoms with van der Waals surface area (Å²) in [4.78, 5) is 0. The van der Waals surface area contributed by atoms with E-state index in [0.717, 1.165) is 11.1 Å². The number of nitrogens with two attached hydrogens (primary N) is 2. The van der Waals surface area contributed by atoms with Crippen LogP contribution in [0.15, 0.2) is 46.9 Å². The summed E-state index contributed by atoms with van der Waals surface area (Å²) in [6.45, 7) is 0. The summed E-state index contributed by atoms with van der Waals surface area (Å²) >= 11 is 3.18. The predicted octanol–water partition coefficient (Wildman–Crippen LogP) is 2.92. The van der Waals surface area contributed by atoms with Crippen LogP contribution in [0.25, 0.3) is 0 Å². The van der Waals surface area contributed by atoms with Gasteiger partial charge in [0, 0.05) is 5.69 Å². The summed E-state index contributed by atoms with van der Waals surface area (Å²) in [6.07, 6.45) is 0.629. The number of hydrogen-bond donors (Lipinski definition) is 3. The van der Waals surface area contributed by atoms with E-state index in [1.165, 1.54) is 6.07 Å². The normalized spacial score (nSPS) is 12.4. The molecular weight excluding hydrogens is 309 g/mol. The standard InChI is InChI=1S/C14H15BrFN3/c15-11-7-9(5-6-12(11)16)8-14(19-18)10-3-1-2-4-13(10)17/h1-7,14,19H,8,17-18H2. The van der Waals surface area contributed by atoms with Crippen molar-refractivity contribution in [3.05, 3.63) is 63.9 Å². The molecule has 0 spiro atoms. The summed E-state index contributed by atoms with van der Waals surface area (Å²) < 4.78 is 13.6. The Kier molecular flexibility index (Phi) is 4.52. The second kappa shape index (κ2) is 6.14. The summed E-state index contributed by atoms with van der Waals surface area (Å²) in [5.41, 5.74) is 11.3. The number of nitrogen functional groups attached to an aromatic ring is 1. The highest BCUT2D eigenvalue weighted by atomic mass is 79.9. The third kappa shape index (κ3) is 3.32. The van der Waals surface area contributed by atoms with Gasteiger partial charge in [-0.3, -0.25) is 11.3 Å². The molecule has 0 heterocycles. The van der Waals surface area contributed by atoms with Crippen LogP contribution in [0.4, 0.5) is 10.1 Å². The maximum atomic E-state index is 13.2. The van der Waals surface area contributed by atoms with Crippen molar-refractivity contribution in [2.45, 2.75) is 12.5 Å². The van der Waals surface area contributed by atoms with E-state index in [0.29, 0.717) is 16.6 Å². The van der Waals surface area contributed by atoms with E-state index in [1.54, 1.807) is 12.1 Å². The van der Waals surface area contributed by atoms with Crippen LogP contribution >= 0.6 is 15.9 Å². The Bertz CT molecular complexity index is 574. The van der Waals surface area contributed by atoms with Crippen molar-refractivity contribution in [1.29, 1.82) is 0 Å². The number of para-hydroxylation sites is 1. The quantitative estimate of drug-likeness (QED) is 0.460. The minimum atomic E-state index is -0.278. The minimum Gasteiger partial charge on any atom is -0.398 e. The van der Waals surface area contributed by atoms with Crippen molar-refractivity contribution in [2.75, 3.05) is 5.73 Å². The third-order valence-electron chi connectivity index (χ3n) is 3.00. The van der Waals surface area contributed by atoms with Gasteiger partial charge in [0.25, 0.3) is 0 Å². The van der Waals surface area contributed by atoms with Crippen molar-refractivity contribution in [3.8, 4) is 0 Å². The molecule has 2 aromatic carbocycles. The van der Waals surface area contributed by atoms with Gasteiger partial charge in [-0.2, -0.15) is 0 Å². The van der Waals surface area contributed by atoms with E-state index >= 15 is 0 Å². The lowest BCUT2D eigenvalue weighted by atomic mass is 9.98. The number of rotatable bonds is 4. The molecule has 0 aliphatic heterocycles. The second-order valence-electron chi connectivity index (χ2n) is 4.30. The summed E-state index contributed by atoms with van der Waals surface area (Å²) in [5.74, 6) is 5.32. The first-order valence-electron chi connectivity index (χ1n) is 5.86. The molecule has 0 saturated heterocycles. The number of benzene rings is 2. The van der Waals surface area contributed by atoms with E-state index < -0.39 is 0 Å². The summed E-state index contributed by atoms with van der Waals surface area (Å²) in [5, 5.41) is 0. The zero-order valence-electron chi connectivity index (χ0n) is 10.2. The van der Waals surface area contributed by atoms with E-state index in [-0.39, 0.29) is 11.9 Å². The van der Waals surface area contributed by atoms with Gasteiger partial charge in [0.05, 0.1) is 10.5 Å². The summed E-state index contributed by atoms with van der Waals surface area (Å²) in [6, 6.07) is 12.4. The highest BCUT2D eigenvalue weighted by molar-refractivity contribution is 9.10. The fourth-order valence-electron chi connectivity index (χ4n) is 1.99. The van der Waals surface area contributed by atoms with Crippen LogP contribution < -0.4 is 17.0 Å². The Morgan fingerprint density at radius 3 is 2.58 bits per heavy atom. The van der Waals surface area contributed by atoms with Crippen molar-refractivity contribution >= 4 is 21.6 Å². The van der Waals surface area contributed by atoms with Crippen LogP contribution in [-0.4, -0.2) is 0 Å². The second-order valence-corrected chi connectivity index (χ2v) is 5.16. The zero-order chi connectivity index (χ0) is 13.8. The molecule has 0 bridgehead atoms. The monoisotopic (exact) mass is 323 g/mol. The first-order chi connectivity index (χ1) is 9.11. The van der Waals surface area contributed by atoms with E-state index in [9.17, 15) is 4.39 Å². The van der Waals surface area contributed by atoms with Gasteiger partial charge in [-0.25, -0.2) is 4.39 Å². The lowest BCUT2D eigenvalue weighted by Gasteiger charge is -2.18. The number of hydrogen-bond acceptors (Lipinski definition) is 3. The molecule has 0 radical (unpaired) electrons. The van der Waals surface area contributed by atoms with Gasteiger partial charge < -0.3 is 5.73 Å². The third-order valence-corrected chi connectivity index (χ3v) is 3.60. The Labute approximate surface area is 119 Å². The van der Waals surface area contributed by atoms with Crippen LogP contribution in [0.5, 0.6) is 0 Å². The Hall–Kier alpha value is -1.43. The van der Waals surface area contributed by atoms with Crippen molar-refractivity contribution < 1.29 is 4.39 Å².